The number of nitrogens with two attached hydrogens (primary N) is 1. The number of aryl methyl sites for hydroxylation is 2. The monoisotopic (exact) mass is 255 g/mol. The zero-order valence-corrected chi connectivity index (χ0v) is 10.8. The fourth-order valence-corrected chi connectivity index (χ4v) is 2.29. The predicted molar refractivity (Wildman–Crippen MR) is 74.5 cm³/mol. The van der Waals surface area contributed by atoms with Crippen LogP contribution in [0, 0.1) is 19.7 Å². The molecule has 0 saturated heterocycles. The van der Waals surface area contributed by atoms with Crippen molar-refractivity contribution in [2.24, 2.45) is 0 Å². The summed E-state index contributed by atoms with van der Waals surface area (Å²) in [6, 6.07) is 10.7. The van der Waals surface area contributed by atoms with Crippen molar-refractivity contribution in [2.75, 3.05) is 5.73 Å². The summed E-state index contributed by atoms with van der Waals surface area (Å²) in [5, 5.41) is 0. The van der Waals surface area contributed by atoms with Crippen LogP contribution in [-0.2, 0) is 0 Å². The first-order chi connectivity index (χ1) is 9.08. The summed E-state index contributed by atoms with van der Waals surface area (Å²) < 4.78 is 15.2. The maximum Gasteiger partial charge on any atom is 0.139 e. The van der Waals surface area contributed by atoms with E-state index in [0.717, 1.165) is 16.9 Å². The number of imidazole rings is 1. The van der Waals surface area contributed by atoms with E-state index in [1.54, 1.807) is 19.1 Å². The van der Waals surface area contributed by atoms with E-state index in [1.165, 1.54) is 6.07 Å². The van der Waals surface area contributed by atoms with Gasteiger partial charge in [0.1, 0.15) is 23.0 Å². The van der Waals surface area contributed by atoms with Gasteiger partial charge in [0, 0.05) is 11.3 Å². The number of nitrogen functional groups attached to an aromatic ring is 1. The van der Waals surface area contributed by atoms with Gasteiger partial charge in [-0.15, -0.1) is 0 Å². The third-order valence-electron chi connectivity index (χ3n) is 3.31. The number of benzene rings is 1. The zero-order chi connectivity index (χ0) is 13.6. The zero-order valence-electron chi connectivity index (χ0n) is 10.8. The average Bonchev–Trinajstić information content (AvgIpc) is 2.72. The first kappa shape index (κ1) is 11.7. The summed E-state index contributed by atoms with van der Waals surface area (Å²) >= 11 is 0. The molecule has 2 N–H and O–H groups in total. The van der Waals surface area contributed by atoms with E-state index in [-0.39, 0.29) is 5.82 Å². The molecule has 0 aliphatic heterocycles. The molecule has 0 fully saturated rings. The molecule has 1 aromatic carbocycles. The summed E-state index contributed by atoms with van der Waals surface area (Å²) in [6.45, 7) is 3.71. The molecule has 0 aliphatic carbocycles. The molecule has 19 heavy (non-hydrogen) atoms. The highest BCUT2D eigenvalue weighted by atomic mass is 19.1. The minimum atomic E-state index is -0.220. The van der Waals surface area contributed by atoms with Crippen LogP contribution in [-0.4, -0.2) is 9.38 Å². The first-order valence-electron chi connectivity index (χ1n) is 6.08. The Kier molecular flexibility index (Phi) is 2.52. The van der Waals surface area contributed by atoms with Gasteiger partial charge in [0.15, 0.2) is 0 Å². The van der Waals surface area contributed by atoms with Crippen LogP contribution in [0.2, 0.25) is 0 Å². The summed E-state index contributed by atoms with van der Waals surface area (Å²) in [4.78, 5) is 4.53. The molecule has 3 aromatic rings. The van der Waals surface area contributed by atoms with Gasteiger partial charge in [-0.1, -0.05) is 6.07 Å². The lowest BCUT2D eigenvalue weighted by atomic mass is 10.1. The smallest absolute Gasteiger partial charge is 0.139 e. The molecule has 3 rings (SSSR count). The van der Waals surface area contributed by atoms with Gasteiger partial charge in [0.25, 0.3) is 0 Å². The van der Waals surface area contributed by atoms with Gasteiger partial charge in [-0.25, -0.2) is 9.37 Å². The lowest BCUT2D eigenvalue weighted by molar-refractivity contribution is 0.619. The lowest BCUT2D eigenvalue weighted by Gasteiger charge is -2.03. The predicted octanol–water partition coefficient (Wildman–Crippen LogP) is 3.34. The summed E-state index contributed by atoms with van der Waals surface area (Å²) in [6.07, 6.45) is 0. The molecule has 2 aromatic heterocycles. The topological polar surface area (TPSA) is 43.3 Å². The van der Waals surface area contributed by atoms with E-state index in [9.17, 15) is 4.39 Å². The summed E-state index contributed by atoms with van der Waals surface area (Å²) in [5.41, 5.74) is 10.1. The molecule has 3 nitrogen and oxygen atoms in total. The van der Waals surface area contributed by atoms with Crippen LogP contribution < -0.4 is 5.73 Å². The molecule has 0 spiro atoms. The molecule has 96 valence electrons. The Hall–Kier alpha value is -2.36. The molecule has 2 heterocycles. The Labute approximate surface area is 110 Å². The van der Waals surface area contributed by atoms with Gasteiger partial charge in [-0.2, -0.15) is 0 Å². The molecular weight excluding hydrogens is 241 g/mol. The molecule has 0 atom stereocenters. The highest BCUT2D eigenvalue weighted by Crippen LogP contribution is 2.28. The number of halogens is 1. The number of fused-ring (bicyclic) bond motifs is 1. The molecule has 0 amide bonds. The Bertz CT molecular complexity index is 774. The van der Waals surface area contributed by atoms with Crippen molar-refractivity contribution in [3.63, 3.8) is 0 Å². The molecule has 4 heteroatoms. The second kappa shape index (κ2) is 4.09. The van der Waals surface area contributed by atoms with Crippen LogP contribution in [0.1, 0.15) is 11.3 Å². The van der Waals surface area contributed by atoms with Crippen LogP contribution in [0.15, 0.2) is 36.4 Å². The second-order valence-electron chi connectivity index (χ2n) is 4.67. The maximum absolute atomic E-state index is 13.3. The third kappa shape index (κ3) is 1.76. The second-order valence-corrected chi connectivity index (χ2v) is 4.67. The molecule has 0 bridgehead atoms. The van der Waals surface area contributed by atoms with Crippen LogP contribution in [0.25, 0.3) is 16.9 Å². The number of nitrogens with zero attached hydrogens (tertiary/aromatic N) is 2. The van der Waals surface area contributed by atoms with Gasteiger partial charge in [0.05, 0.1) is 0 Å². The van der Waals surface area contributed by atoms with Crippen molar-refractivity contribution < 1.29 is 4.39 Å². The van der Waals surface area contributed by atoms with Gasteiger partial charge >= 0.3 is 0 Å². The van der Waals surface area contributed by atoms with E-state index in [1.807, 2.05) is 29.5 Å². The van der Waals surface area contributed by atoms with Crippen LogP contribution in [0.4, 0.5) is 10.2 Å². The SMILES string of the molecule is Cc1cc(-c2nc3cccc(C)n3c2N)ccc1F. The third-order valence-corrected chi connectivity index (χ3v) is 3.31. The molecular formula is C15H14FN3. The number of pyridine rings is 1. The van der Waals surface area contributed by atoms with E-state index in [0.29, 0.717) is 17.1 Å². The molecule has 0 saturated carbocycles. The minimum absolute atomic E-state index is 0.220. The van der Waals surface area contributed by atoms with Crippen LogP contribution in [0.3, 0.4) is 0 Å². The maximum atomic E-state index is 13.3. The van der Waals surface area contributed by atoms with Crippen molar-refractivity contribution >= 4 is 11.5 Å². The Morgan fingerprint density at radius 2 is 1.95 bits per heavy atom. The standard InChI is InChI=1S/C15H14FN3/c1-9-8-11(6-7-12(9)16)14-15(17)19-10(2)4-3-5-13(19)18-14/h3-8H,17H2,1-2H3. The number of hydrogen-bond acceptors (Lipinski definition) is 2. The van der Waals surface area contributed by atoms with Crippen molar-refractivity contribution in [3.05, 3.63) is 53.5 Å². The molecule has 0 radical (unpaired) electrons. The van der Waals surface area contributed by atoms with Gasteiger partial charge in [-0.3, -0.25) is 4.40 Å². The average molecular weight is 255 g/mol. The van der Waals surface area contributed by atoms with Gasteiger partial charge < -0.3 is 5.73 Å². The quantitative estimate of drug-likeness (QED) is 0.724. The van der Waals surface area contributed by atoms with Crippen LogP contribution >= 0.6 is 0 Å². The fourth-order valence-electron chi connectivity index (χ4n) is 2.29. The summed E-state index contributed by atoms with van der Waals surface area (Å²) in [5.74, 6) is 0.362. The summed E-state index contributed by atoms with van der Waals surface area (Å²) in [7, 11) is 0. The number of anilines is 1. The normalized spacial score (nSPS) is 11.1. The highest BCUT2D eigenvalue weighted by Gasteiger charge is 2.13. The Morgan fingerprint density at radius 3 is 2.63 bits per heavy atom. The Morgan fingerprint density at radius 1 is 1.16 bits per heavy atom. The molecule has 0 aliphatic rings. The van der Waals surface area contributed by atoms with Crippen molar-refractivity contribution in [1.82, 2.24) is 9.38 Å². The number of aromatic nitrogens is 2. The number of hydrogen-bond donors (Lipinski definition) is 1. The van der Waals surface area contributed by atoms with Gasteiger partial charge in [-0.05, 0) is 49.7 Å². The van der Waals surface area contributed by atoms with Gasteiger partial charge in [0.2, 0.25) is 0 Å². The van der Waals surface area contributed by atoms with Crippen molar-refractivity contribution in [1.29, 1.82) is 0 Å². The minimum Gasteiger partial charge on any atom is -0.383 e. The van der Waals surface area contributed by atoms with E-state index in [2.05, 4.69) is 4.98 Å². The van der Waals surface area contributed by atoms with Crippen LogP contribution in [0.5, 0.6) is 0 Å². The first-order valence-corrected chi connectivity index (χ1v) is 6.08. The van der Waals surface area contributed by atoms with Crippen molar-refractivity contribution in [3.8, 4) is 11.3 Å². The Balaban J connectivity index is 2.28. The largest absolute Gasteiger partial charge is 0.383 e. The van der Waals surface area contributed by atoms with E-state index in [4.69, 9.17) is 5.73 Å². The highest BCUT2D eigenvalue weighted by molar-refractivity contribution is 5.75. The van der Waals surface area contributed by atoms with E-state index < -0.39 is 0 Å². The van der Waals surface area contributed by atoms with Crippen molar-refractivity contribution in [2.45, 2.75) is 13.8 Å². The van der Waals surface area contributed by atoms with E-state index >= 15 is 0 Å². The number of rotatable bonds is 1. The fraction of sp³-hybridized carbons (Fsp3) is 0.133. The molecule has 0 unspecified atom stereocenters. The lowest BCUT2D eigenvalue weighted by Crippen LogP contribution is -1.97.